The van der Waals surface area contributed by atoms with E-state index in [2.05, 4.69) is 47.1 Å². The van der Waals surface area contributed by atoms with Gasteiger partial charge in [-0.1, -0.05) is 26.0 Å². The van der Waals surface area contributed by atoms with Crippen molar-refractivity contribution in [2.75, 3.05) is 5.32 Å². The third-order valence-corrected chi connectivity index (χ3v) is 4.64. The van der Waals surface area contributed by atoms with Gasteiger partial charge in [-0.05, 0) is 83.0 Å². The molecule has 6 heteroatoms. The predicted octanol–water partition coefficient (Wildman–Crippen LogP) is 4.64. The minimum absolute atomic E-state index is 0.0907. The lowest BCUT2D eigenvalue weighted by molar-refractivity contribution is 0.0977. The van der Waals surface area contributed by atoms with Crippen LogP contribution in [-0.2, 0) is 0 Å². The number of halogens is 1. The summed E-state index contributed by atoms with van der Waals surface area (Å²) in [5.41, 5.74) is 2.12. The van der Waals surface area contributed by atoms with Crippen molar-refractivity contribution in [1.29, 1.82) is 0 Å². The average Bonchev–Trinajstić information content (AvgIpc) is 2.56. The molecule has 4 nitrogen and oxygen atoms in total. The van der Waals surface area contributed by atoms with E-state index in [-0.39, 0.29) is 16.8 Å². The number of carbonyl (C=O) groups excluding carboxylic acids is 1. The quantitative estimate of drug-likeness (QED) is 0.358. The Morgan fingerprint density at radius 2 is 2.04 bits per heavy atom. The fraction of sp³-hybridized carbons (Fsp3) is 0.222. The van der Waals surface area contributed by atoms with Crippen molar-refractivity contribution in [3.05, 3.63) is 57.2 Å². The first kappa shape index (κ1) is 18.7. The highest BCUT2D eigenvalue weighted by Gasteiger charge is 2.11. The first-order chi connectivity index (χ1) is 11.4. The molecule has 1 atom stereocenters. The SMILES string of the molecule is CC[C@H](C)c1ccc(O)c(NC(=S)NC(=O)c2cccc(I)c2)c1. The van der Waals surface area contributed by atoms with Gasteiger partial charge < -0.3 is 10.4 Å². The van der Waals surface area contributed by atoms with E-state index in [1.54, 1.807) is 18.2 Å². The Kier molecular flexibility index (Phi) is 6.56. The lowest BCUT2D eigenvalue weighted by Gasteiger charge is -2.14. The van der Waals surface area contributed by atoms with Crippen molar-refractivity contribution in [1.82, 2.24) is 5.32 Å². The lowest BCUT2D eigenvalue weighted by Crippen LogP contribution is -2.34. The Morgan fingerprint density at radius 1 is 1.29 bits per heavy atom. The number of phenols is 1. The zero-order chi connectivity index (χ0) is 17.7. The summed E-state index contributed by atoms with van der Waals surface area (Å²) in [7, 11) is 0. The molecule has 0 saturated heterocycles. The van der Waals surface area contributed by atoms with E-state index in [0.717, 1.165) is 15.6 Å². The van der Waals surface area contributed by atoms with Gasteiger partial charge in [0.25, 0.3) is 5.91 Å². The molecular formula is C18H19IN2O2S. The summed E-state index contributed by atoms with van der Waals surface area (Å²) in [6, 6.07) is 12.6. The first-order valence-corrected chi connectivity index (χ1v) is 9.10. The van der Waals surface area contributed by atoms with Crippen LogP contribution in [0.1, 0.15) is 42.1 Å². The van der Waals surface area contributed by atoms with Crippen LogP contribution in [-0.4, -0.2) is 16.1 Å². The molecule has 126 valence electrons. The second kappa shape index (κ2) is 8.43. The Bertz CT molecular complexity index is 764. The van der Waals surface area contributed by atoms with Gasteiger partial charge in [0.2, 0.25) is 0 Å². The number of nitrogens with one attached hydrogen (secondary N) is 2. The van der Waals surface area contributed by atoms with E-state index in [9.17, 15) is 9.90 Å². The molecule has 0 fully saturated rings. The van der Waals surface area contributed by atoms with Crippen LogP contribution in [0, 0.1) is 3.57 Å². The van der Waals surface area contributed by atoms with E-state index in [1.165, 1.54) is 0 Å². The lowest BCUT2D eigenvalue weighted by atomic mass is 9.98. The summed E-state index contributed by atoms with van der Waals surface area (Å²) < 4.78 is 0.970. The molecule has 2 rings (SSSR count). The highest BCUT2D eigenvalue weighted by atomic mass is 127. The van der Waals surface area contributed by atoms with E-state index in [0.29, 0.717) is 17.2 Å². The van der Waals surface area contributed by atoms with Gasteiger partial charge in [0.1, 0.15) is 5.75 Å². The topological polar surface area (TPSA) is 61.4 Å². The van der Waals surface area contributed by atoms with Crippen molar-refractivity contribution in [2.45, 2.75) is 26.2 Å². The van der Waals surface area contributed by atoms with Crippen LogP contribution in [0.25, 0.3) is 0 Å². The van der Waals surface area contributed by atoms with E-state index >= 15 is 0 Å². The van der Waals surface area contributed by atoms with Crippen LogP contribution >= 0.6 is 34.8 Å². The minimum atomic E-state index is -0.288. The van der Waals surface area contributed by atoms with Crippen molar-refractivity contribution < 1.29 is 9.90 Å². The normalized spacial score (nSPS) is 11.6. The van der Waals surface area contributed by atoms with Gasteiger partial charge in [-0.25, -0.2) is 0 Å². The number of anilines is 1. The van der Waals surface area contributed by atoms with Gasteiger partial charge in [0, 0.05) is 9.13 Å². The fourth-order valence-electron chi connectivity index (χ4n) is 2.15. The molecule has 0 bridgehead atoms. The standard InChI is InChI=1S/C18H19IN2O2S/c1-3-11(2)12-7-8-16(22)15(10-12)20-18(24)21-17(23)13-5-4-6-14(19)9-13/h4-11,22H,3H2,1-2H3,(H2,20,21,23,24)/t11-/m0/s1. The molecule has 0 aliphatic heterocycles. The first-order valence-electron chi connectivity index (χ1n) is 7.61. The van der Waals surface area contributed by atoms with Gasteiger partial charge in [-0.2, -0.15) is 0 Å². The van der Waals surface area contributed by atoms with Gasteiger partial charge in [-0.3, -0.25) is 10.1 Å². The number of benzene rings is 2. The number of aromatic hydroxyl groups is 1. The van der Waals surface area contributed by atoms with Crippen LogP contribution in [0.4, 0.5) is 5.69 Å². The summed E-state index contributed by atoms with van der Waals surface area (Å²) in [6.45, 7) is 4.23. The van der Waals surface area contributed by atoms with Gasteiger partial charge in [0.05, 0.1) is 5.69 Å². The van der Waals surface area contributed by atoms with Gasteiger partial charge >= 0.3 is 0 Å². The largest absolute Gasteiger partial charge is 0.506 e. The maximum atomic E-state index is 12.2. The molecule has 2 aromatic rings. The highest BCUT2D eigenvalue weighted by molar-refractivity contribution is 14.1. The smallest absolute Gasteiger partial charge is 0.257 e. The molecular weight excluding hydrogens is 435 g/mol. The third kappa shape index (κ3) is 4.91. The fourth-order valence-corrected chi connectivity index (χ4v) is 2.90. The molecule has 0 spiro atoms. The molecule has 3 N–H and O–H groups in total. The van der Waals surface area contributed by atoms with E-state index in [1.807, 2.05) is 24.3 Å². The molecule has 0 aromatic heterocycles. The molecule has 0 unspecified atom stereocenters. The average molecular weight is 454 g/mol. The minimum Gasteiger partial charge on any atom is -0.506 e. The third-order valence-electron chi connectivity index (χ3n) is 3.76. The monoisotopic (exact) mass is 454 g/mol. The van der Waals surface area contributed by atoms with Gasteiger partial charge in [0.15, 0.2) is 5.11 Å². The van der Waals surface area contributed by atoms with Crippen LogP contribution < -0.4 is 10.6 Å². The second-order valence-electron chi connectivity index (χ2n) is 5.50. The number of carbonyl (C=O) groups is 1. The molecule has 0 aliphatic carbocycles. The second-order valence-corrected chi connectivity index (χ2v) is 7.16. The molecule has 0 heterocycles. The molecule has 0 aliphatic rings. The molecule has 2 aromatic carbocycles. The maximum absolute atomic E-state index is 12.2. The number of amides is 1. The van der Waals surface area contributed by atoms with Crippen LogP contribution in [0.2, 0.25) is 0 Å². The number of hydrogen-bond donors (Lipinski definition) is 3. The van der Waals surface area contributed by atoms with Crippen molar-refractivity contribution in [3.63, 3.8) is 0 Å². The van der Waals surface area contributed by atoms with Crippen LogP contribution in [0.5, 0.6) is 5.75 Å². The molecule has 1 amide bonds. The van der Waals surface area contributed by atoms with Gasteiger partial charge in [-0.15, -0.1) is 0 Å². The molecule has 0 radical (unpaired) electrons. The Hall–Kier alpha value is -1.67. The molecule has 24 heavy (non-hydrogen) atoms. The summed E-state index contributed by atoms with van der Waals surface area (Å²) in [5.74, 6) is 0.178. The zero-order valence-electron chi connectivity index (χ0n) is 13.5. The number of phenolic OH excluding ortho intramolecular Hbond substituents is 1. The Balaban J connectivity index is 2.08. The Labute approximate surface area is 160 Å². The maximum Gasteiger partial charge on any atom is 0.257 e. The highest BCUT2D eigenvalue weighted by Crippen LogP contribution is 2.29. The van der Waals surface area contributed by atoms with E-state index in [4.69, 9.17) is 12.2 Å². The number of rotatable bonds is 4. The zero-order valence-corrected chi connectivity index (χ0v) is 16.4. The Morgan fingerprint density at radius 3 is 2.71 bits per heavy atom. The van der Waals surface area contributed by atoms with E-state index < -0.39 is 0 Å². The van der Waals surface area contributed by atoms with Crippen molar-refractivity contribution in [2.24, 2.45) is 0 Å². The van der Waals surface area contributed by atoms with Crippen LogP contribution in [0.15, 0.2) is 42.5 Å². The summed E-state index contributed by atoms with van der Waals surface area (Å²) in [4.78, 5) is 12.2. The predicted molar refractivity (Wildman–Crippen MR) is 110 cm³/mol. The number of hydrogen-bond acceptors (Lipinski definition) is 3. The molecule has 0 saturated carbocycles. The summed E-state index contributed by atoms with van der Waals surface area (Å²) in [5, 5.41) is 15.7. The summed E-state index contributed by atoms with van der Waals surface area (Å²) in [6.07, 6.45) is 0.998. The van der Waals surface area contributed by atoms with Crippen LogP contribution in [0.3, 0.4) is 0 Å². The number of thiocarbonyl (C=S) groups is 1. The summed E-state index contributed by atoms with van der Waals surface area (Å²) >= 11 is 7.33. The van der Waals surface area contributed by atoms with Crippen molar-refractivity contribution >= 4 is 51.5 Å². The van der Waals surface area contributed by atoms with Crippen molar-refractivity contribution in [3.8, 4) is 5.75 Å².